The molecule has 0 aliphatic rings. The largest absolute Gasteiger partial charge is 0.378 e. The van der Waals surface area contributed by atoms with E-state index in [1.54, 1.807) is 6.07 Å². The van der Waals surface area contributed by atoms with Crippen LogP contribution in [0.3, 0.4) is 0 Å². The fourth-order valence-corrected chi connectivity index (χ4v) is 2.22. The number of nitrogens with one attached hydrogen (secondary N) is 1. The fourth-order valence-electron chi connectivity index (χ4n) is 1.61. The van der Waals surface area contributed by atoms with Crippen molar-refractivity contribution < 1.29 is 4.92 Å². The SMILES string of the molecule is Cc1cc(Br)cc(Nc2ncnc(N)c2[N+](=O)[O-])c1. The van der Waals surface area contributed by atoms with Gasteiger partial charge in [-0.2, -0.15) is 0 Å². The van der Waals surface area contributed by atoms with Crippen LogP contribution in [0.2, 0.25) is 0 Å². The summed E-state index contributed by atoms with van der Waals surface area (Å²) < 4.78 is 0.861. The number of anilines is 3. The highest BCUT2D eigenvalue weighted by Crippen LogP contribution is 2.30. The quantitative estimate of drug-likeness (QED) is 0.664. The third-order valence-corrected chi connectivity index (χ3v) is 2.80. The lowest BCUT2D eigenvalue weighted by Gasteiger charge is -2.08. The molecule has 0 unspecified atom stereocenters. The smallest absolute Gasteiger partial charge is 0.353 e. The number of nitro groups is 1. The molecule has 0 amide bonds. The lowest BCUT2D eigenvalue weighted by atomic mass is 10.2. The Balaban J connectivity index is 2.43. The molecule has 0 aliphatic carbocycles. The zero-order chi connectivity index (χ0) is 14.0. The van der Waals surface area contributed by atoms with E-state index in [1.165, 1.54) is 6.33 Å². The molecule has 3 N–H and O–H groups in total. The third kappa shape index (κ3) is 2.97. The molecule has 1 aromatic carbocycles. The molecule has 0 fully saturated rings. The first-order chi connectivity index (χ1) is 8.97. The predicted molar refractivity (Wildman–Crippen MR) is 75.3 cm³/mol. The highest BCUT2D eigenvalue weighted by Gasteiger charge is 2.20. The average Bonchev–Trinajstić information content (AvgIpc) is 2.26. The summed E-state index contributed by atoms with van der Waals surface area (Å²) in [5.74, 6) is -0.107. The van der Waals surface area contributed by atoms with E-state index in [-0.39, 0.29) is 17.3 Å². The number of benzene rings is 1. The summed E-state index contributed by atoms with van der Waals surface area (Å²) in [4.78, 5) is 17.8. The molecule has 7 nitrogen and oxygen atoms in total. The van der Waals surface area contributed by atoms with Gasteiger partial charge < -0.3 is 11.1 Å². The lowest BCUT2D eigenvalue weighted by molar-refractivity contribution is -0.383. The topological polar surface area (TPSA) is 107 Å². The first-order valence-corrected chi connectivity index (χ1v) is 6.06. The number of rotatable bonds is 3. The van der Waals surface area contributed by atoms with Crippen molar-refractivity contribution in [1.82, 2.24) is 9.97 Å². The van der Waals surface area contributed by atoms with E-state index in [4.69, 9.17) is 5.73 Å². The van der Waals surface area contributed by atoms with Crippen LogP contribution in [0.4, 0.5) is 23.0 Å². The van der Waals surface area contributed by atoms with Crippen LogP contribution in [-0.4, -0.2) is 14.9 Å². The number of aromatic nitrogens is 2. The minimum Gasteiger partial charge on any atom is -0.378 e. The Bertz CT molecular complexity index is 627. The summed E-state index contributed by atoms with van der Waals surface area (Å²) in [5, 5.41) is 13.8. The third-order valence-electron chi connectivity index (χ3n) is 2.34. The number of nitrogens with two attached hydrogens (primary N) is 1. The minimum atomic E-state index is -0.609. The van der Waals surface area contributed by atoms with Gasteiger partial charge in [-0.05, 0) is 30.7 Å². The van der Waals surface area contributed by atoms with E-state index < -0.39 is 4.92 Å². The van der Waals surface area contributed by atoms with Crippen molar-refractivity contribution in [3.8, 4) is 0 Å². The Morgan fingerprint density at radius 1 is 1.37 bits per heavy atom. The van der Waals surface area contributed by atoms with Crippen LogP contribution < -0.4 is 11.1 Å². The van der Waals surface area contributed by atoms with E-state index in [2.05, 4.69) is 31.2 Å². The average molecular weight is 324 g/mol. The Morgan fingerprint density at radius 3 is 2.74 bits per heavy atom. The first kappa shape index (κ1) is 13.2. The summed E-state index contributed by atoms with van der Waals surface area (Å²) in [6.07, 6.45) is 1.18. The monoisotopic (exact) mass is 323 g/mol. The number of aryl methyl sites for hydroxylation is 1. The van der Waals surface area contributed by atoms with Crippen LogP contribution in [-0.2, 0) is 0 Å². The lowest BCUT2D eigenvalue weighted by Crippen LogP contribution is -2.05. The van der Waals surface area contributed by atoms with Crippen LogP contribution in [0.1, 0.15) is 5.56 Å². The van der Waals surface area contributed by atoms with E-state index >= 15 is 0 Å². The molecule has 8 heteroatoms. The van der Waals surface area contributed by atoms with Crippen LogP contribution in [0.5, 0.6) is 0 Å². The van der Waals surface area contributed by atoms with Gasteiger partial charge in [0.25, 0.3) is 0 Å². The van der Waals surface area contributed by atoms with Gasteiger partial charge in [-0.1, -0.05) is 15.9 Å². The molecule has 0 radical (unpaired) electrons. The zero-order valence-corrected chi connectivity index (χ0v) is 11.5. The molecule has 0 saturated carbocycles. The van der Waals surface area contributed by atoms with Gasteiger partial charge in [-0.3, -0.25) is 10.1 Å². The Kier molecular flexibility index (Phi) is 3.61. The van der Waals surface area contributed by atoms with E-state index in [9.17, 15) is 10.1 Å². The molecule has 98 valence electrons. The normalized spacial score (nSPS) is 10.2. The first-order valence-electron chi connectivity index (χ1n) is 5.26. The molecule has 0 saturated heterocycles. The molecule has 0 bridgehead atoms. The van der Waals surface area contributed by atoms with E-state index in [1.807, 2.05) is 19.1 Å². The van der Waals surface area contributed by atoms with Gasteiger partial charge in [0.05, 0.1) is 4.92 Å². The van der Waals surface area contributed by atoms with Crippen LogP contribution in [0.25, 0.3) is 0 Å². The van der Waals surface area contributed by atoms with E-state index in [0.717, 1.165) is 10.0 Å². The second-order valence-electron chi connectivity index (χ2n) is 3.86. The second kappa shape index (κ2) is 5.19. The maximum Gasteiger partial charge on any atom is 0.353 e. The van der Waals surface area contributed by atoms with Crippen molar-refractivity contribution in [2.24, 2.45) is 0 Å². The predicted octanol–water partition coefficient (Wildman–Crippen LogP) is 2.78. The zero-order valence-electron chi connectivity index (χ0n) is 9.92. The highest BCUT2D eigenvalue weighted by atomic mass is 79.9. The standard InChI is InChI=1S/C11H10BrN5O2/c1-6-2-7(12)4-8(3-6)16-11-9(17(18)19)10(13)14-5-15-11/h2-5H,1H3,(H3,13,14,15,16). The summed E-state index contributed by atoms with van der Waals surface area (Å²) >= 11 is 3.36. The number of halogens is 1. The molecule has 1 heterocycles. The van der Waals surface area contributed by atoms with Crippen molar-refractivity contribution >= 4 is 38.9 Å². The summed E-state index contributed by atoms with van der Waals surface area (Å²) in [7, 11) is 0. The van der Waals surface area contributed by atoms with Gasteiger partial charge in [0.15, 0.2) is 0 Å². The number of nitrogens with zero attached hydrogens (tertiary/aromatic N) is 3. The highest BCUT2D eigenvalue weighted by molar-refractivity contribution is 9.10. The van der Waals surface area contributed by atoms with Crippen molar-refractivity contribution in [3.63, 3.8) is 0 Å². The van der Waals surface area contributed by atoms with Crippen LogP contribution in [0, 0.1) is 17.0 Å². The van der Waals surface area contributed by atoms with Crippen LogP contribution >= 0.6 is 15.9 Å². The Hall–Kier alpha value is -2.22. The Morgan fingerprint density at radius 2 is 2.11 bits per heavy atom. The van der Waals surface area contributed by atoms with Gasteiger partial charge in [-0.25, -0.2) is 9.97 Å². The fraction of sp³-hybridized carbons (Fsp3) is 0.0909. The molecule has 0 aliphatic heterocycles. The molecule has 2 aromatic rings. The Labute approximate surface area is 117 Å². The number of hydrogen-bond donors (Lipinski definition) is 2. The summed E-state index contributed by atoms with van der Waals surface area (Å²) in [6, 6.07) is 5.55. The van der Waals surface area contributed by atoms with Gasteiger partial charge in [0.2, 0.25) is 11.6 Å². The summed E-state index contributed by atoms with van der Waals surface area (Å²) in [5.41, 5.74) is 6.84. The van der Waals surface area contributed by atoms with Gasteiger partial charge >= 0.3 is 5.69 Å². The minimum absolute atomic E-state index is 0.0648. The number of hydrogen-bond acceptors (Lipinski definition) is 6. The molecule has 0 atom stereocenters. The number of nitrogen functional groups attached to an aromatic ring is 1. The second-order valence-corrected chi connectivity index (χ2v) is 4.77. The molecule has 2 rings (SSSR count). The van der Waals surface area contributed by atoms with Crippen molar-refractivity contribution in [2.45, 2.75) is 6.92 Å². The van der Waals surface area contributed by atoms with Gasteiger partial charge in [0.1, 0.15) is 6.33 Å². The van der Waals surface area contributed by atoms with Crippen molar-refractivity contribution in [3.05, 3.63) is 44.7 Å². The van der Waals surface area contributed by atoms with Crippen molar-refractivity contribution in [2.75, 3.05) is 11.1 Å². The molecule has 19 heavy (non-hydrogen) atoms. The van der Waals surface area contributed by atoms with E-state index in [0.29, 0.717) is 5.69 Å². The summed E-state index contributed by atoms with van der Waals surface area (Å²) in [6.45, 7) is 1.92. The molecule has 0 spiro atoms. The van der Waals surface area contributed by atoms with Gasteiger partial charge in [0, 0.05) is 10.2 Å². The van der Waals surface area contributed by atoms with Crippen LogP contribution in [0.15, 0.2) is 29.0 Å². The molecule has 1 aromatic heterocycles. The van der Waals surface area contributed by atoms with Crippen molar-refractivity contribution in [1.29, 1.82) is 0 Å². The molecular formula is C11H10BrN5O2. The molecular weight excluding hydrogens is 314 g/mol. The van der Waals surface area contributed by atoms with Gasteiger partial charge in [-0.15, -0.1) is 0 Å². The maximum absolute atomic E-state index is 11.0. The maximum atomic E-state index is 11.0.